The minimum absolute atomic E-state index is 0.274. The molecule has 3 heterocycles. The molecule has 0 radical (unpaired) electrons. The van der Waals surface area contributed by atoms with Gasteiger partial charge in [0.25, 0.3) is 0 Å². The fourth-order valence-electron chi connectivity index (χ4n) is 2.66. The molecule has 3 rings (SSSR count). The van der Waals surface area contributed by atoms with Crippen molar-refractivity contribution in [2.24, 2.45) is 20.9 Å². The summed E-state index contributed by atoms with van der Waals surface area (Å²) in [5.41, 5.74) is 0. The number of nitrogens with zero attached hydrogens (tertiary/aromatic N) is 3. The van der Waals surface area contributed by atoms with E-state index in [0.29, 0.717) is 13.2 Å². The molecule has 0 saturated carbocycles. The van der Waals surface area contributed by atoms with Crippen molar-refractivity contribution in [2.75, 3.05) is 39.5 Å². The quantitative estimate of drug-likeness (QED) is 0.708. The normalized spacial score (nSPS) is 22.5. The van der Waals surface area contributed by atoms with E-state index in [0.717, 1.165) is 69.6 Å². The van der Waals surface area contributed by atoms with Crippen LogP contribution in [-0.4, -0.2) is 57.1 Å². The van der Waals surface area contributed by atoms with Gasteiger partial charge in [-0.05, 0) is 12.8 Å². The minimum atomic E-state index is 0.274. The third kappa shape index (κ3) is 3.49. The molecule has 3 aliphatic rings. The molecule has 0 aromatic rings. The molecule has 0 saturated heterocycles. The summed E-state index contributed by atoms with van der Waals surface area (Å²) in [7, 11) is 0. The Balaban J connectivity index is 1.51. The molecule has 0 aromatic carbocycles. The number of hydrogen-bond acceptors (Lipinski definition) is 6. The zero-order chi connectivity index (χ0) is 13.6. The van der Waals surface area contributed by atoms with E-state index in [9.17, 15) is 0 Å². The van der Waals surface area contributed by atoms with Crippen molar-refractivity contribution >= 4 is 17.7 Å². The molecule has 0 amide bonds. The Morgan fingerprint density at radius 1 is 0.850 bits per heavy atom. The first kappa shape index (κ1) is 13.4. The van der Waals surface area contributed by atoms with Crippen LogP contribution in [0.3, 0.4) is 0 Å². The lowest BCUT2D eigenvalue weighted by Gasteiger charge is -2.16. The van der Waals surface area contributed by atoms with Crippen LogP contribution in [0.4, 0.5) is 0 Å². The van der Waals surface area contributed by atoms with E-state index in [1.165, 1.54) is 0 Å². The van der Waals surface area contributed by atoms with Gasteiger partial charge in [-0.15, -0.1) is 0 Å². The fourth-order valence-corrected chi connectivity index (χ4v) is 2.66. The van der Waals surface area contributed by atoms with Crippen LogP contribution in [0.15, 0.2) is 15.0 Å². The van der Waals surface area contributed by atoms with Crippen LogP contribution in [0.25, 0.3) is 0 Å². The Kier molecular flexibility index (Phi) is 4.50. The van der Waals surface area contributed by atoms with Gasteiger partial charge in [0.05, 0.1) is 19.6 Å². The van der Waals surface area contributed by atoms with Crippen LogP contribution in [0, 0.1) is 5.92 Å². The minimum Gasteiger partial charge on any atom is -0.479 e. The van der Waals surface area contributed by atoms with Gasteiger partial charge in [0, 0.05) is 18.8 Å². The van der Waals surface area contributed by atoms with Crippen LogP contribution in [0.5, 0.6) is 0 Å². The van der Waals surface area contributed by atoms with E-state index < -0.39 is 0 Å². The molecule has 0 fully saturated rings. The molecule has 1 atom stereocenters. The summed E-state index contributed by atoms with van der Waals surface area (Å²) in [6.45, 7) is 4.50. The highest BCUT2D eigenvalue weighted by Gasteiger charge is 2.24. The van der Waals surface area contributed by atoms with Gasteiger partial charge in [0.15, 0.2) is 17.7 Å². The van der Waals surface area contributed by atoms with Crippen molar-refractivity contribution in [1.29, 1.82) is 0 Å². The number of hydrogen-bond donors (Lipinski definition) is 0. The summed E-state index contributed by atoms with van der Waals surface area (Å²) in [5, 5.41) is 0. The van der Waals surface area contributed by atoms with Gasteiger partial charge in [0.1, 0.15) is 19.8 Å². The van der Waals surface area contributed by atoms with Crippen molar-refractivity contribution < 1.29 is 14.2 Å². The van der Waals surface area contributed by atoms with Gasteiger partial charge in [-0.25, -0.2) is 0 Å². The SMILES string of the molecule is C(CC1=NCCO1)CC(CC1=NCCO1)C1=NCCO1. The molecular formula is C14H21N3O3. The van der Waals surface area contributed by atoms with Crippen LogP contribution in [0.1, 0.15) is 25.7 Å². The topological polar surface area (TPSA) is 64.8 Å². The summed E-state index contributed by atoms with van der Waals surface area (Å²) < 4.78 is 16.6. The van der Waals surface area contributed by atoms with Crippen molar-refractivity contribution in [3.05, 3.63) is 0 Å². The Bertz CT molecular complexity index is 431. The van der Waals surface area contributed by atoms with Crippen molar-refractivity contribution in [2.45, 2.75) is 25.7 Å². The second kappa shape index (κ2) is 6.72. The predicted octanol–water partition coefficient (Wildman–Crippen LogP) is 1.45. The summed E-state index contributed by atoms with van der Waals surface area (Å²) >= 11 is 0. The van der Waals surface area contributed by atoms with Crippen LogP contribution >= 0.6 is 0 Å². The van der Waals surface area contributed by atoms with E-state index in [1.807, 2.05) is 0 Å². The summed E-state index contributed by atoms with van der Waals surface area (Å²) in [6, 6.07) is 0. The zero-order valence-corrected chi connectivity index (χ0v) is 11.7. The van der Waals surface area contributed by atoms with E-state index in [-0.39, 0.29) is 5.92 Å². The van der Waals surface area contributed by atoms with Crippen molar-refractivity contribution in [1.82, 2.24) is 0 Å². The maximum Gasteiger partial charge on any atom is 0.187 e. The lowest BCUT2D eigenvalue weighted by molar-refractivity contribution is 0.303. The molecule has 0 N–H and O–H groups in total. The first-order chi connectivity index (χ1) is 9.92. The molecule has 0 aromatic heterocycles. The molecule has 0 spiro atoms. The number of ether oxygens (including phenoxy) is 3. The second-order valence-corrected chi connectivity index (χ2v) is 5.11. The van der Waals surface area contributed by atoms with Crippen molar-refractivity contribution in [3.8, 4) is 0 Å². The third-order valence-corrected chi connectivity index (χ3v) is 3.62. The fraction of sp³-hybridized carbons (Fsp3) is 0.786. The molecule has 6 heteroatoms. The molecule has 0 aliphatic carbocycles. The average molecular weight is 279 g/mol. The summed E-state index contributed by atoms with van der Waals surface area (Å²) in [5.74, 6) is 2.89. The molecule has 1 unspecified atom stereocenters. The highest BCUT2D eigenvalue weighted by Crippen LogP contribution is 2.21. The predicted molar refractivity (Wildman–Crippen MR) is 76.7 cm³/mol. The smallest absolute Gasteiger partial charge is 0.187 e. The Hall–Kier alpha value is -1.59. The highest BCUT2D eigenvalue weighted by atomic mass is 16.5. The number of aliphatic imine (C=N–C) groups is 3. The zero-order valence-electron chi connectivity index (χ0n) is 11.7. The van der Waals surface area contributed by atoms with E-state index in [2.05, 4.69) is 15.0 Å². The number of rotatable bonds is 7. The third-order valence-electron chi connectivity index (χ3n) is 3.62. The van der Waals surface area contributed by atoms with Gasteiger partial charge in [-0.2, -0.15) is 0 Å². The maximum absolute atomic E-state index is 5.63. The first-order valence-corrected chi connectivity index (χ1v) is 7.41. The maximum atomic E-state index is 5.63. The van der Waals surface area contributed by atoms with E-state index in [1.54, 1.807) is 0 Å². The van der Waals surface area contributed by atoms with Gasteiger partial charge < -0.3 is 14.2 Å². The monoisotopic (exact) mass is 279 g/mol. The molecule has 6 nitrogen and oxygen atoms in total. The molecule has 20 heavy (non-hydrogen) atoms. The second-order valence-electron chi connectivity index (χ2n) is 5.11. The van der Waals surface area contributed by atoms with Crippen LogP contribution in [-0.2, 0) is 14.2 Å². The lowest BCUT2D eigenvalue weighted by atomic mass is 9.98. The Morgan fingerprint density at radius 3 is 2.20 bits per heavy atom. The molecule has 3 aliphatic heterocycles. The van der Waals surface area contributed by atoms with Crippen LogP contribution in [0.2, 0.25) is 0 Å². The Labute approximate surface area is 118 Å². The standard InChI is InChI=1S/C14H21N3O3/c1(3-12-15-4-7-18-12)2-11(14-17-6-9-20-14)10-13-16-5-8-19-13/h11H,1-10H2. The molecular weight excluding hydrogens is 258 g/mol. The highest BCUT2D eigenvalue weighted by molar-refractivity contribution is 5.87. The van der Waals surface area contributed by atoms with Crippen LogP contribution < -0.4 is 0 Å². The van der Waals surface area contributed by atoms with Gasteiger partial charge >= 0.3 is 0 Å². The van der Waals surface area contributed by atoms with Gasteiger partial charge in [-0.3, -0.25) is 15.0 Å². The molecule has 110 valence electrons. The van der Waals surface area contributed by atoms with E-state index in [4.69, 9.17) is 14.2 Å². The van der Waals surface area contributed by atoms with Gasteiger partial charge in [0.2, 0.25) is 0 Å². The van der Waals surface area contributed by atoms with Gasteiger partial charge in [-0.1, -0.05) is 0 Å². The summed E-state index contributed by atoms with van der Waals surface area (Å²) in [4.78, 5) is 13.1. The largest absolute Gasteiger partial charge is 0.479 e. The average Bonchev–Trinajstić information content (AvgIpc) is 3.21. The summed E-state index contributed by atoms with van der Waals surface area (Å²) in [6.07, 6.45) is 3.73. The van der Waals surface area contributed by atoms with Crippen molar-refractivity contribution in [3.63, 3.8) is 0 Å². The van der Waals surface area contributed by atoms with E-state index >= 15 is 0 Å². The first-order valence-electron chi connectivity index (χ1n) is 7.41. The Morgan fingerprint density at radius 2 is 1.55 bits per heavy atom. The lowest BCUT2D eigenvalue weighted by Crippen LogP contribution is -2.19. The molecule has 0 bridgehead atoms.